The summed E-state index contributed by atoms with van der Waals surface area (Å²) in [6.07, 6.45) is -1.67. The van der Waals surface area contributed by atoms with E-state index in [1.807, 2.05) is 0 Å². The third kappa shape index (κ3) is 6.64. The molecule has 0 unspecified atom stereocenters. The average Bonchev–Trinajstić information content (AvgIpc) is 2.48. The van der Waals surface area contributed by atoms with Gasteiger partial charge >= 0.3 is 12.0 Å². The van der Waals surface area contributed by atoms with Crippen LogP contribution in [0.25, 0.3) is 0 Å². The van der Waals surface area contributed by atoms with Crippen molar-refractivity contribution >= 4 is 39.5 Å². The van der Waals surface area contributed by atoms with E-state index in [4.69, 9.17) is 22.1 Å². The topological polar surface area (TPSA) is 145 Å². The Hall–Kier alpha value is -2.24. The summed E-state index contributed by atoms with van der Waals surface area (Å²) in [6.45, 7) is 0.876. The van der Waals surface area contributed by atoms with Crippen LogP contribution in [0.15, 0.2) is 23.1 Å². The quantitative estimate of drug-likeness (QED) is 0.565. The minimum absolute atomic E-state index is 0.276. The second kappa shape index (κ2) is 8.74. The highest BCUT2D eigenvalue weighted by atomic mass is 35.5. The molecule has 3 amide bonds. The number of nitrogens with two attached hydrogens (primary N) is 1. The van der Waals surface area contributed by atoms with Crippen molar-refractivity contribution in [2.75, 3.05) is 6.54 Å². The molecule has 0 radical (unpaired) electrons. The minimum Gasteiger partial charge on any atom is -0.452 e. The van der Waals surface area contributed by atoms with Crippen LogP contribution in [0.4, 0.5) is 9.18 Å². The van der Waals surface area contributed by atoms with Crippen molar-refractivity contribution in [1.29, 1.82) is 0 Å². The summed E-state index contributed by atoms with van der Waals surface area (Å²) >= 11 is 5.52. The van der Waals surface area contributed by atoms with Crippen LogP contribution in [0.2, 0.25) is 5.02 Å². The van der Waals surface area contributed by atoms with Crippen molar-refractivity contribution < 1.29 is 31.9 Å². The second-order valence-electron chi connectivity index (χ2n) is 4.71. The maximum Gasteiger partial charge on any atom is 0.318 e. The molecule has 25 heavy (non-hydrogen) atoms. The van der Waals surface area contributed by atoms with E-state index in [0.717, 1.165) is 18.2 Å². The normalized spacial score (nSPS) is 12.3. The maximum atomic E-state index is 13.0. The zero-order valence-corrected chi connectivity index (χ0v) is 14.5. The van der Waals surface area contributed by atoms with E-state index in [0.29, 0.717) is 0 Å². The fraction of sp³-hybridized carbons (Fsp3) is 0.308. The number of carbonyl (C=O) groups excluding carboxylic acids is 3. The lowest BCUT2D eigenvalue weighted by atomic mass is 10.3. The summed E-state index contributed by atoms with van der Waals surface area (Å²) in [7, 11) is -4.01. The lowest BCUT2D eigenvalue weighted by molar-refractivity contribution is -0.154. The lowest BCUT2D eigenvalue weighted by Gasteiger charge is -2.12. The molecule has 138 valence electrons. The third-order valence-electron chi connectivity index (χ3n) is 2.75. The lowest BCUT2D eigenvalue weighted by Crippen LogP contribution is -2.42. The van der Waals surface area contributed by atoms with E-state index in [-0.39, 0.29) is 22.9 Å². The molecule has 0 saturated heterocycles. The Kier molecular flexibility index (Phi) is 7.27. The van der Waals surface area contributed by atoms with Gasteiger partial charge in [0.05, 0.1) is 16.3 Å². The number of hydrogen-bond acceptors (Lipinski definition) is 6. The number of urea groups is 1. The fourth-order valence-electron chi connectivity index (χ4n) is 1.55. The van der Waals surface area contributed by atoms with Crippen molar-refractivity contribution in [1.82, 2.24) is 10.0 Å². The van der Waals surface area contributed by atoms with Crippen molar-refractivity contribution in [2.24, 2.45) is 5.73 Å². The van der Waals surface area contributed by atoms with Crippen LogP contribution in [0.3, 0.4) is 0 Å². The number of sulfonamides is 1. The molecule has 0 fully saturated rings. The molecule has 0 heterocycles. The van der Waals surface area contributed by atoms with Gasteiger partial charge in [0.1, 0.15) is 5.82 Å². The van der Waals surface area contributed by atoms with E-state index >= 15 is 0 Å². The molecular formula is C13H15ClFN3O6S. The first-order valence-corrected chi connectivity index (χ1v) is 8.63. The Labute approximate surface area is 147 Å². The number of ether oxygens (including phenoxy) is 1. The molecule has 0 aliphatic carbocycles. The highest BCUT2D eigenvalue weighted by molar-refractivity contribution is 7.89. The third-order valence-corrected chi connectivity index (χ3v) is 4.49. The molecule has 0 aliphatic rings. The zero-order chi connectivity index (χ0) is 19.2. The van der Waals surface area contributed by atoms with Gasteiger partial charge in [0.2, 0.25) is 10.0 Å². The molecule has 1 aromatic rings. The van der Waals surface area contributed by atoms with Gasteiger partial charge in [-0.15, -0.1) is 0 Å². The summed E-state index contributed by atoms with van der Waals surface area (Å²) in [5, 5.41) is 1.36. The van der Waals surface area contributed by atoms with Crippen LogP contribution in [0, 0.1) is 5.82 Å². The van der Waals surface area contributed by atoms with E-state index in [1.54, 1.807) is 5.32 Å². The summed E-state index contributed by atoms with van der Waals surface area (Å²) in [6, 6.07) is 1.73. The SMILES string of the molecule is C[C@@H](OC(=O)CCNS(=O)(=O)c1ccc(F)c(Cl)c1)C(=O)NC(N)=O. The Morgan fingerprint density at radius 2 is 2.00 bits per heavy atom. The molecule has 0 saturated carbocycles. The van der Waals surface area contributed by atoms with E-state index in [2.05, 4.69) is 4.72 Å². The smallest absolute Gasteiger partial charge is 0.318 e. The van der Waals surface area contributed by atoms with Gasteiger partial charge in [0.15, 0.2) is 6.10 Å². The van der Waals surface area contributed by atoms with Crippen LogP contribution in [0.5, 0.6) is 0 Å². The van der Waals surface area contributed by atoms with Gasteiger partial charge in [-0.05, 0) is 25.1 Å². The maximum absolute atomic E-state index is 13.0. The van der Waals surface area contributed by atoms with Crippen LogP contribution in [0.1, 0.15) is 13.3 Å². The number of carbonyl (C=O) groups is 3. The number of rotatable bonds is 7. The highest BCUT2D eigenvalue weighted by Gasteiger charge is 2.20. The molecule has 1 rings (SSSR count). The summed E-state index contributed by atoms with van der Waals surface area (Å²) in [4.78, 5) is 33.1. The van der Waals surface area contributed by atoms with E-state index in [1.165, 1.54) is 6.92 Å². The van der Waals surface area contributed by atoms with Crippen molar-refractivity contribution in [3.63, 3.8) is 0 Å². The van der Waals surface area contributed by atoms with Crippen molar-refractivity contribution in [2.45, 2.75) is 24.3 Å². The molecule has 0 spiro atoms. The van der Waals surface area contributed by atoms with E-state index < -0.39 is 39.9 Å². The highest BCUT2D eigenvalue weighted by Crippen LogP contribution is 2.19. The van der Waals surface area contributed by atoms with Gasteiger partial charge < -0.3 is 10.5 Å². The second-order valence-corrected chi connectivity index (χ2v) is 6.88. The number of hydrogen-bond donors (Lipinski definition) is 3. The molecular weight excluding hydrogens is 381 g/mol. The number of esters is 1. The summed E-state index contributed by atoms with van der Waals surface area (Å²) < 4.78 is 43.8. The van der Waals surface area contributed by atoms with Gasteiger partial charge in [0, 0.05) is 6.54 Å². The Morgan fingerprint density at radius 1 is 1.36 bits per heavy atom. The molecule has 4 N–H and O–H groups in total. The number of primary amides is 1. The van der Waals surface area contributed by atoms with E-state index in [9.17, 15) is 27.2 Å². The number of imide groups is 1. The molecule has 0 aromatic heterocycles. The standard InChI is InChI=1S/C13H15ClFN3O6S/c1-7(12(20)18-13(16)21)24-11(19)4-5-17-25(22,23)8-2-3-10(15)9(14)6-8/h2-3,6-7,17H,4-5H2,1H3,(H3,16,18,20,21)/t7-/m1/s1. The van der Waals surface area contributed by atoms with Crippen LogP contribution in [-0.2, 0) is 24.3 Å². The van der Waals surface area contributed by atoms with Gasteiger partial charge in [-0.3, -0.25) is 14.9 Å². The predicted molar refractivity (Wildman–Crippen MR) is 84.5 cm³/mol. The first-order valence-electron chi connectivity index (χ1n) is 6.77. The van der Waals surface area contributed by atoms with Crippen molar-refractivity contribution in [3.05, 3.63) is 29.0 Å². The van der Waals surface area contributed by atoms with Gasteiger partial charge in [-0.25, -0.2) is 22.3 Å². The molecule has 1 atom stereocenters. The summed E-state index contributed by atoms with van der Waals surface area (Å²) in [5.74, 6) is -2.57. The van der Waals surface area contributed by atoms with Gasteiger partial charge in [0.25, 0.3) is 5.91 Å². The first kappa shape index (κ1) is 20.8. The fourth-order valence-corrected chi connectivity index (χ4v) is 2.85. The van der Waals surface area contributed by atoms with Gasteiger partial charge in [-0.2, -0.15) is 0 Å². The summed E-state index contributed by atoms with van der Waals surface area (Å²) in [5.41, 5.74) is 4.74. The number of nitrogens with one attached hydrogen (secondary N) is 2. The minimum atomic E-state index is -4.01. The molecule has 1 aromatic carbocycles. The predicted octanol–water partition coefficient (Wildman–Crippen LogP) is 0.274. The van der Waals surface area contributed by atoms with Crippen LogP contribution in [-0.4, -0.2) is 39.0 Å². The zero-order valence-electron chi connectivity index (χ0n) is 12.9. The van der Waals surface area contributed by atoms with Crippen LogP contribution < -0.4 is 15.8 Å². The molecule has 12 heteroatoms. The average molecular weight is 396 g/mol. The number of halogens is 2. The number of amides is 3. The molecule has 9 nitrogen and oxygen atoms in total. The van der Waals surface area contributed by atoms with Gasteiger partial charge in [-0.1, -0.05) is 11.6 Å². The monoisotopic (exact) mass is 395 g/mol. The molecule has 0 bridgehead atoms. The van der Waals surface area contributed by atoms with Crippen molar-refractivity contribution in [3.8, 4) is 0 Å². The molecule has 0 aliphatic heterocycles. The largest absolute Gasteiger partial charge is 0.452 e. The number of benzene rings is 1. The Balaban J connectivity index is 2.52. The Morgan fingerprint density at radius 3 is 2.56 bits per heavy atom. The first-order chi connectivity index (χ1) is 11.5. The Bertz CT molecular complexity index is 786. The van der Waals surface area contributed by atoms with Crippen LogP contribution >= 0.6 is 11.6 Å².